The van der Waals surface area contributed by atoms with Crippen LogP contribution >= 0.6 is 11.6 Å². The average molecular weight is 741 g/mol. The highest BCUT2D eigenvalue weighted by molar-refractivity contribution is 7.90. The van der Waals surface area contributed by atoms with Crippen LogP contribution in [-0.2, 0) is 24.4 Å². The zero-order valence-corrected chi connectivity index (χ0v) is 29.5. The SMILES string of the molecule is CC(C)C(NC(=O)c1ccc(C(=O)NS(=O)(=O)c2ccc(Cl)cc2)cc1)C(=O)N(CC(=O)NC(C(=O)C(F)(F)F)C(C)C)C1CC2CCC1C2. The number of carbonyl (C=O) groups excluding carboxylic acids is 5. The molecule has 272 valence electrons. The standard InChI is InChI=1S/C34H40ClF3N4O7S/c1-18(2)28(30(44)34(36,37)38)39-27(43)17-42(26-16-20-5-6-23(26)15-20)33(47)29(19(3)4)40-31(45)21-7-9-22(10-8-21)32(46)41-50(48,49)25-13-11-24(35)12-14-25/h7-14,18-20,23,26,28-29H,5-6,15-17H2,1-4H3,(H,39,43)(H,40,45)(H,41,46). The van der Waals surface area contributed by atoms with Crippen molar-refractivity contribution in [3.8, 4) is 0 Å². The molecule has 2 aliphatic rings. The highest BCUT2D eigenvalue weighted by atomic mass is 35.5. The van der Waals surface area contributed by atoms with E-state index in [0.717, 1.165) is 19.3 Å². The average Bonchev–Trinajstić information content (AvgIpc) is 3.68. The Hall–Kier alpha value is -3.98. The number of hydrogen-bond donors (Lipinski definition) is 3. The molecule has 2 bridgehead atoms. The second kappa shape index (κ2) is 15.5. The van der Waals surface area contributed by atoms with Crippen LogP contribution in [0.1, 0.15) is 74.1 Å². The van der Waals surface area contributed by atoms with Crippen molar-refractivity contribution in [1.82, 2.24) is 20.3 Å². The van der Waals surface area contributed by atoms with Crippen molar-refractivity contribution in [1.29, 1.82) is 0 Å². The van der Waals surface area contributed by atoms with Gasteiger partial charge >= 0.3 is 6.18 Å². The largest absolute Gasteiger partial charge is 0.452 e. The minimum absolute atomic E-state index is 0.0511. The summed E-state index contributed by atoms with van der Waals surface area (Å²) in [5.41, 5.74) is -0.0111. The number of nitrogens with zero attached hydrogens (tertiary/aromatic N) is 1. The van der Waals surface area contributed by atoms with Crippen molar-refractivity contribution in [2.45, 2.75) is 82.6 Å². The highest BCUT2D eigenvalue weighted by Crippen LogP contribution is 2.46. The van der Waals surface area contributed by atoms with E-state index in [1.807, 2.05) is 4.72 Å². The van der Waals surface area contributed by atoms with Gasteiger partial charge in [0.25, 0.3) is 27.6 Å². The van der Waals surface area contributed by atoms with Crippen molar-refractivity contribution in [2.75, 3.05) is 6.54 Å². The summed E-state index contributed by atoms with van der Waals surface area (Å²) < 4.78 is 66.9. The molecule has 11 nitrogen and oxygen atoms in total. The molecule has 0 spiro atoms. The van der Waals surface area contributed by atoms with E-state index in [0.29, 0.717) is 17.4 Å². The highest BCUT2D eigenvalue weighted by Gasteiger charge is 2.47. The number of amides is 4. The lowest BCUT2D eigenvalue weighted by atomic mass is 9.92. The van der Waals surface area contributed by atoms with Crippen LogP contribution in [0.15, 0.2) is 53.4 Å². The molecule has 5 unspecified atom stereocenters. The Balaban J connectivity index is 1.49. The first kappa shape index (κ1) is 38.8. The molecule has 2 aromatic rings. The topological polar surface area (TPSA) is 159 Å². The van der Waals surface area contributed by atoms with E-state index in [9.17, 15) is 45.6 Å². The molecule has 0 radical (unpaired) electrons. The van der Waals surface area contributed by atoms with Gasteiger partial charge < -0.3 is 15.5 Å². The molecule has 4 amide bonds. The fraction of sp³-hybridized carbons (Fsp3) is 0.500. The Morgan fingerprint density at radius 3 is 1.86 bits per heavy atom. The van der Waals surface area contributed by atoms with Crippen molar-refractivity contribution in [3.05, 3.63) is 64.7 Å². The lowest BCUT2D eigenvalue weighted by molar-refractivity contribution is -0.175. The zero-order chi connectivity index (χ0) is 37.1. The molecule has 5 atom stereocenters. The molecule has 16 heteroatoms. The fourth-order valence-corrected chi connectivity index (χ4v) is 7.68. The molecule has 0 saturated heterocycles. The lowest BCUT2D eigenvalue weighted by Crippen LogP contribution is -2.58. The third-order valence-electron chi connectivity index (χ3n) is 9.22. The summed E-state index contributed by atoms with van der Waals surface area (Å²) >= 11 is 5.80. The number of ketones is 1. The number of alkyl halides is 3. The summed E-state index contributed by atoms with van der Waals surface area (Å²) in [6, 6.07) is 6.90. The Morgan fingerprint density at radius 1 is 0.820 bits per heavy atom. The first-order chi connectivity index (χ1) is 23.3. The van der Waals surface area contributed by atoms with Crippen LogP contribution in [0.5, 0.6) is 0 Å². The molecule has 0 aliphatic heterocycles. The molecule has 3 N–H and O–H groups in total. The first-order valence-electron chi connectivity index (χ1n) is 16.2. The number of fused-ring (bicyclic) bond motifs is 2. The predicted octanol–water partition coefficient (Wildman–Crippen LogP) is 4.50. The van der Waals surface area contributed by atoms with Crippen molar-refractivity contribution in [2.24, 2.45) is 23.7 Å². The third-order valence-corrected chi connectivity index (χ3v) is 10.8. The molecular weight excluding hydrogens is 701 g/mol. The van der Waals surface area contributed by atoms with Gasteiger partial charge in [0.15, 0.2) is 0 Å². The second-order valence-electron chi connectivity index (χ2n) is 13.5. The maximum Gasteiger partial charge on any atom is 0.452 e. The zero-order valence-electron chi connectivity index (χ0n) is 27.9. The molecule has 2 aromatic carbocycles. The summed E-state index contributed by atoms with van der Waals surface area (Å²) in [5.74, 6) is -6.16. The monoisotopic (exact) mass is 740 g/mol. The first-order valence-corrected chi connectivity index (χ1v) is 18.1. The quantitative estimate of drug-likeness (QED) is 0.273. The van der Waals surface area contributed by atoms with Crippen molar-refractivity contribution < 1.29 is 45.6 Å². The summed E-state index contributed by atoms with van der Waals surface area (Å²) in [6.45, 7) is 5.53. The van der Waals surface area contributed by atoms with Gasteiger partial charge in [-0.3, -0.25) is 24.0 Å². The molecular formula is C34H40ClF3N4O7S. The van der Waals surface area contributed by atoms with Crippen LogP contribution in [0.4, 0.5) is 13.2 Å². The molecule has 0 aromatic heterocycles. The van der Waals surface area contributed by atoms with E-state index in [1.165, 1.54) is 67.3 Å². The van der Waals surface area contributed by atoms with Gasteiger partial charge in [0.1, 0.15) is 6.04 Å². The van der Waals surface area contributed by atoms with Crippen molar-refractivity contribution >= 4 is 51.0 Å². The Kier molecular flexibility index (Phi) is 12.0. The van der Waals surface area contributed by atoms with Gasteiger partial charge in [0, 0.05) is 22.2 Å². The van der Waals surface area contributed by atoms with Crippen LogP contribution < -0.4 is 15.4 Å². The van der Waals surface area contributed by atoms with Crippen LogP contribution in [0.2, 0.25) is 5.02 Å². The minimum atomic E-state index is -5.16. The number of nitrogens with one attached hydrogen (secondary N) is 3. The van der Waals surface area contributed by atoms with Crippen LogP contribution in [0.25, 0.3) is 0 Å². The van der Waals surface area contributed by atoms with E-state index in [2.05, 4.69) is 10.6 Å². The van der Waals surface area contributed by atoms with Crippen LogP contribution in [0, 0.1) is 23.7 Å². The minimum Gasteiger partial charge on any atom is -0.344 e. The van der Waals surface area contributed by atoms with Gasteiger partial charge in [-0.05, 0) is 91.5 Å². The third kappa shape index (κ3) is 9.22. The number of halogens is 4. The molecule has 2 saturated carbocycles. The number of Topliss-reactive ketones (excluding diaryl/α,β-unsaturated/α-hetero) is 1. The number of rotatable bonds is 13. The summed E-state index contributed by atoms with van der Waals surface area (Å²) in [4.78, 5) is 66.6. The van der Waals surface area contributed by atoms with Gasteiger partial charge in [0.05, 0.1) is 17.5 Å². The number of sulfonamides is 1. The van der Waals surface area contributed by atoms with Gasteiger partial charge in [-0.25, -0.2) is 13.1 Å². The van der Waals surface area contributed by atoms with E-state index in [-0.39, 0.29) is 28.0 Å². The predicted molar refractivity (Wildman–Crippen MR) is 177 cm³/mol. The lowest BCUT2D eigenvalue weighted by Gasteiger charge is -2.38. The molecule has 0 heterocycles. The summed E-state index contributed by atoms with van der Waals surface area (Å²) in [6.07, 6.45) is -1.92. The van der Waals surface area contributed by atoms with Gasteiger partial charge in [-0.2, -0.15) is 13.2 Å². The maximum absolute atomic E-state index is 14.1. The maximum atomic E-state index is 14.1. The normalized spacial score (nSPS) is 19.9. The second-order valence-corrected chi connectivity index (χ2v) is 15.6. The molecule has 4 rings (SSSR count). The van der Waals surface area contributed by atoms with Crippen molar-refractivity contribution in [3.63, 3.8) is 0 Å². The van der Waals surface area contributed by atoms with E-state index in [1.54, 1.807) is 13.8 Å². The van der Waals surface area contributed by atoms with Crippen LogP contribution in [0.3, 0.4) is 0 Å². The summed E-state index contributed by atoms with van der Waals surface area (Å²) in [5, 5.41) is 5.19. The Labute approximate surface area is 293 Å². The Bertz CT molecular complexity index is 1720. The van der Waals surface area contributed by atoms with Crippen LogP contribution in [-0.4, -0.2) is 73.6 Å². The fourth-order valence-electron chi connectivity index (χ4n) is 6.58. The van der Waals surface area contributed by atoms with Gasteiger partial charge in [-0.15, -0.1) is 0 Å². The smallest absolute Gasteiger partial charge is 0.344 e. The molecule has 50 heavy (non-hydrogen) atoms. The number of hydrogen-bond acceptors (Lipinski definition) is 7. The van der Waals surface area contributed by atoms with Gasteiger partial charge in [0.2, 0.25) is 11.8 Å². The van der Waals surface area contributed by atoms with E-state index < -0.39 is 76.1 Å². The van der Waals surface area contributed by atoms with Gasteiger partial charge in [-0.1, -0.05) is 45.7 Å². The van der Waals surface area contributed by atoms with E-state index >= 15 is 0 Å². The number of benzene rings is 2. The molecule has 2 fully saturated rings. The van der Waals surface area contributed by atoms with E-state index in [4.69, 9.17) is 11.6 Å². The Morgan fingerprint density at radius 2 is 1.38 bits per heavy atom. The summed E-state index contributed by atoms with van der Waals surface area (Å²) in [7, 11) is -4.21. The number of carbonyl (C=O) groups is 5. The molecule has 2 aliphatic carbocycles.